The van der Waals surface area contributed by atoms with Crippen molar-refractivity contribution < 1.29 is 31.2 Å². The van der Waals surface area contributed by atoms with Gasteiger partial charge in [0.25, 0.3) is 5.91 Å². The molecule has 1 heterocycles. The van der Waals surface area contributed by atoms with E-state index in [1.807, 2.05) is 0 Å². The Kier molecular flexibility index (Phi) is 7.54. The molecule has 1 fully saturated rings. The quantitative estimate of drug-likeness (QED) is 0.537. The molecular weight excluding hydrogens is 456 g/mol. The molecule has 2 rings (SSSR count). The lowest BCUT2D eigenvalue weighted by Crippen LogP contribution is -2.46. The summed E-state index contributed by atoms with van der Waals surface area (Å²) in [5.74, 6) is -1.59. The number of ether oxygens (including phenoxy) is 1. The summed E-state index contributed by atoms with van der Waals surface area (Å²) in [7, 11) is -4.28. The Balaban J connectivity index is 2.20. The van der Waals surface area contributed by atoms with E-state index in [0.29, 0.717) is 6.42 Å². The van der Waals surface area contributed by atoms with Crippen LogP contribution < -0.4 is 0 Å². The van der Waals surface area contributed by atoms with Crippen LogP contribution in [0.1, 0.15) is 30.6 Å². The maximum atomic E-state index is 12.8. The van der Waals surface area contributed by atoms with E-state index < -0.39 is 43.9 Å². The largest absolute Gasteiger partial charge is 0.449 e. The molecule has 0 bridgehead atoms. The number of sulfonamides is 1. The summed E-state index contributed by atoms with van der Waals surface area (Å²) < 4.78 is 54.3. The zero-order chi connectivity index (χ0) is 22.9. The molecule has 0 aliphatic carbocycles. The van der Waals surface area contributed by atoms with Gasteiger partial charge in [-0.15, -0.1) is 0 Å². The number of hydrogen-bond acceptors (Lipinski definition) is 7. The zero-order valence-corrected chi connectivity index (χ0v) is 19.6. The molecule has 1 aromatic rings. The van der Waals surface area contributed by atoms with Crippen LogP contribution in [0, 0.1) is 0 Å². The summed E-state index contributed by atoms with van der Waals surface area (Å²) in [5, 5.41) is -0.0217. The molecule has 2 atom stereocenters. The van der Waals surface area contributed by atoms with Gasteiger partial charge in [-0.25, -0.2) is 25.9 Å². The molecular formula is C18H25ClN2O7S2. The van der Waals surface area contributed by atoms with E-state index in [9.17, 15) is 26.4 Å². The number of rotatable bonds is 7. The van der Waals surface area contributed by atoms with Gasteiger partial charge in [0.1, 0.15) is 0 Å². The summed E-state index contributed by atoms with van der Waals surface area (Å²) in [6, 6.07) is 3.16. The van der Waals surface area contributed by atoms with Crippen molar-refractivity contribution in [2.45, 2.75) is 37.3 Å². The molecule has 1 aliphatic rings. The van der Waals surface area contributed by atoms with Gasteiger partial charge in [-0.05, 0) is 38.5 Å². The van der Waals surface area contributed by atoms with Crippen LogP contribution in [0.2, 0.25) is 5.02 Å². The number of benzene rings is 1. The van der Waals surface area contributed by atoms with Crippen LogP contribution in [0.4, 0.5) is 0 Å². The summed E-state index contributed by atoms with van der Waals surface area (Å²) in [5.41, 5.74) is -0.189. The molecule has 168 valence electrons. The van der Waals surface area contributed by atoms with Crippen LogP contribution in [-0.2, 0) is 29.4 Å². The van der Waals surface area contributed by atoms with E-state index in [2.05, 4.69) is 0 Å². The predicted octanol–water partition coefficient (Wildman–Crippen LogP) is 1.17. The third-order valence-corrected chi connectivity index (χ3v) is 8.73. The van der Waals surface area contributed by atoms with Crippen molar-refractivity contribution in [1.82, 2.24) is 9.21 Å². The molecule has 0 N–H and O–H groups in total. The summed E-state index contributed by atoms with van der Waals surface area (Å²) in [4.78, 5) is 26.6. The second kappa shape index (κ2) is 9.21. The van der Waals surface area contributed by atoms with Crippen LogP contribution in [0.15, 0.2) is 23.1 Å². The summed E-state index contributed by atoms with van der Waals surface area (Å²) >= 11 is 6.04. The predicted molar refractivity (Wildman–Crippen MR) is 112 cm³/mol. The van der Waals surface area contributed by atoms with E-state index in [-0.39, 0.29) is 33.5 Å². The number of hydrogen-bond donors (Lipinski definition) is 0. The first-order valence-electron chi connectivity index (χ1n) is 9.24. The minimum atomic E-state index is -3.80. The average Bonchev–Trinajstić information content (AvgIpc) is 3.01. The van der Waals surface area contributed by atoms with E-state index >= 15 is 0 Å². The van der Waals surface area contributed by atoms with E-state index in [1.165, 1.54) is 38.1 Å². The molecule has 0 spiro atoms. The topological polar surface area (TPSA) is 118 Å². The fourth-order valence-electron chi connectivity index (χ4n) is 3.16. The van der Waals surface area contributed by atoms with Crippen molar-refractivity contribution in [3.05, 3.63) is 28.8 Å². The fraction of sp³-hybridized carbons (Fsp3) is 0.556. The molecule has 0 unspecified atom stereocenters. The summed E-state index contributed by atoms with van der Waals surface area (Å²) in [6.07, 6.45) is -0.871. The van der Waals surface area contributed by atoms with Crippen LogP contribution >= 0.6 is 11.6 Å². The van der Waals surface area contributed by atoms with Gasteiger partial charge >= 0.3 is 5.97 Å². The van der Waals surface area contributed by atoms with E-state index in [1.54, 1.807) is 6.92 Å². The highest BCUT2D eigenvalue weighted by Crippen LogP contribution is 2.24. The standard InChI is InChI=1S/C18H25ClN2O7S2/c1-5-21(13-8-9-29(24,25)11-13)17(22)12(2)28-18(23)15-10-14(6-7-16(15)19)30(26,27)20(3)4/h6-7,10,12-13H,5,8-9,11H2,1-4H3/t12-,13-/m1/s1. The lowest BCUT2D eigenvalue weighted by atomic mass is 10.2. The van der Waals surface area contributed by atoms with Gasteiger partial charge in [-0.1, -0.05) is 11.6 Å². The number of esters is 1. The molecule has 12 heteroatoms. The van der Waals surface area contributed by atoms with Crippen LogP contribution in [0.3, 0.4) is 0 Å². The highest BCUT2D eigenvalue weighted by atomic mass is 35.5. The van der Waals surface area contributed by atoms with Gasteiger partial charge in [-0.3, -0.25) is 4.79 Å². The first kappa shape index (κ1) is 24.6. The summed E-state index contributed by atoms with van der Waals surface area (Å²) in [6.45, 7) is 3.35. The Morgan fingerprint density at radius 1 is 1.30 bits per heavy atom. The third-order valence-electron chi connectivity index (χ3n) is 4.84. The van der Waals surface area contributed by atoms with Gasteiger partial charge in [0.15, 0.2) is 15.9 Å². The Labute approximate surface area is 181 Å². The van der Waals surface area contributed by atoms with Crippen LogP contribution in [0.5, 0.6) is 0 Å². The van der Waals surface area contributed by atoms with Gasteiger partial charge in [0.2, 0.25) is 10.0 Å². The number of nitrogens with zero attached hydrogens (tertiary/aromatic N) is 2. The number of likely N-dealkylation sites (N-methyl/N-ethyl adjacent to an activating group) is 1. The monoisotopic (exact) mass is 480 g/mol. The maximum Gasteiger partial charge on any atom is 0.340 e. The fourth-order valence-corrected chi connectivity index (χ4v) is 6.01. The number of sulfone groups is 1. The SMILES string of the molecule is CCN(C(=O)[C@@H](C)OC(=O)c1cc(S(=O)(=O)N(C)C)ccc1Cl)[C@@H]1CCS(=O)(=O)C1. The maximum absolute atomic E-state index is 12.8. The molecule has 0 aromatic heterocycles. The zero-order valence-electron chi connectivity index (χ0n) is 17.2. The van der Waals surface area contributed by atoms with E-state index in [0.717, 1.165) is 10.4 Å². The number of carbonyl (C=O) groups is 2. The lowest BCUT2D eigenvalue weighted by Gasteiger charge is -2.29. The van der Waals surface area contributed by atoms with Gasteiger partial charge in [-0.2, -0.15) is 0 Å². The van der Waals surface area contributed by atoms with Crippen molar-refractivity contribution in [3.8, 4) is 0 Å². The molecule has 9 nitrogen and oxygen atoms in total. The second-order valence-electron chi connectivity index (χ2n) is 7.16. The molecule has 1 aliphatic heterocycles. The smallest absolute Gasteiger partial charge is 0.340 e. The van der Waals surface area contributed by atoms with Crippen molar-refractivity contribution in [2.75, 3.05) is 32.1 Å². The van der Waals surface area contributed by atoms with Crippen molar-refractivity contribution in [3.63, 3.8) is 0 Å². The number of carbonyl (C=O) groups excluding carboxylic acids is 2. The van der Waals surface area contributed by atoms with Crippen LogP contribution in [0.25, 0.3) is 0 Å². The first-order valence-corrected chi connectivity index (χ1v) is 12.9. The molecule has 0 saturated carbocycles. The van der Waals surface area contributed by atoms with Crippen LogP contribution in [-0.4, -0.2) is 82.2 Å². The number of halogens is 1. The molecule has 1 amide bonds. The minimum absolute atomic E-state index is 0.0123. The number of amides is 1. The van der Waals surface area contributed by atoms with Gasteiger partial charge in [0.05, 0.1) is 27.0 Å². The third kappa shape index (κ3) is 5.32. The minimum Gasteiger partial charge on any atom is -0.449 e. The molecule has 1 aromatic carbocycles. The second-order valence-corrected chi connectivity index (χ2v) is 11.9. The molecule has 30 heavy (non-hydrogen) atoms. The molecule has 1 saturated heterocycles. The van der Waals surface area contributed by atoms with Crippen molar-refractivity contribution in [2.24, 2.45) is 0 Å². The van der Waals surface area contributed by atoms with Gasteiger partial charge in [0, 0.05) is 26.7 Å². The van der Waals surface area contributed by atoms with Gasteiger partial charge < -0.3 is 9.64 Å². The Hall–Kier alpha value is -1.69. The first-order chi connectivity index (χ1) is 13.8. The van der Waals surface area contributed by atoms with Crippen molar-refractivity contribution in [1.29, 1.82) is 0 Å². The average molecular weight is 481 g/mol. The lowest BCUT2D eigenvalue weighted by molar-refractivity contribution is -0.141. The Morgan fingerprint density at radius 3 is 2.43 bits per heavy atom. The highest BCUT2D eigenvalue weighted by molar-refractivity contribution is 7.91. The molecule has 0 radical (unpaired) electrons. The van der Waals surface area contributed by atoms with Crippen molar-refractivity contribution >= 4 is 43.3 Å². The normalized spacial score (nSPS) is 19.5. The Morgan fingerprint density at radius 2 is 1.93 bits per heavy atom. The Bertz CT molecular complexity index is 1040. The highest BCUT2D eigenvalue weighted by Gasteiger charge is 2.36. The van der Waals surface area contributed by atoms with E-state index in [4.69, 9.17) is 16.3 Å².